The molecule has 1 aromatic carbocycles. The van der Waals surface area contributed by atoms with Crippen molar-refractivity contribution in [2.45, 2.75) is 26.2 Å². The van der Waals surface area contributed by atoms with Gasteiger partial charge in [0.15, 0.2) is 0 Å². The molecule has 0 aliphatic heterocycles. The van der Waals surface area contributed by atoms with Gasteiger partial charge in [0.2, 0.25) is 5.91 Å². The Hall–Kier alpha value is -1.42. The van der Waals surface area contributed by atoms with Crippen molar-refractivity contribution in [2.75, 3.05) is 5.32 Å². The fraction of sp³-hybridized carbons (Fsp3) is 0.385. The van der Waals surface area contributed by atoms with Crippen molar-refractivity contribution in [3.63, 3.8) is 0 Å². The maximum absolute atomic E-state index is 11.8. The summed E-state index contributed by atoms with van der Waals surface area (Å²) in [6.45, 7) is 1.71. The van der Waals surface area contributed by atoms with Gasteiger partial charge >= 0.3 is 0 Å². The Labute approximate surface area is 106 Å². The number of anilines is 1. The van der Waals surface area contributed by atoms with Gasteiger partial charge in [0.1, 0.15) is 0 Å². The standard InChI is InChI=1S/C13H16N2OS/c1-8(12(14)17)13(16)15-11-6-5-9-3-2-4-10(9)7-11/h5-8H,2-4H2,1H3,(H2,14,17)(H,15,16). The lowest BCUT2D eigenvalue weighted by molar-refractivity contribution is -0.117. The number of aryl methyl sites for hydroxylation is 2. The van der Waals surface area contributed by atoms with Crippen LogP contribution in [0.3, 0.4) is 0 Å². The van der Waals surface area contributed by atoms with E-state index in [1.54, 1.807) is 6.92 Å². The minimum absolute atomic E-state index is 0.143. The number of thiocarbonyl (C=S) groups is 1. The van der Waals surface area contributed by atoms with E-state index in [1.807, 2.05) is 12.1 Å². The van der Waals surface area contributed by atoms with E-state index in [2.05, 4.69) is 11.4 Å². The van der Waals surface area contributed by atoms with E-state index in [4.69, 9.17) is 18.0 Å². The molecule has 0 radical (unpaired) electrons. The minimum atomic E-state index is -0.432. The Balaban J connectivity index is 2.09. The summed E-state index contributed by atoms with van der Waals surface area (Å²) >= 11 is 4.81. The number of amides is 1. The van der Waals surface area contributed by atoms with Gasteiger partial charge in [-0.25, -0.2) is 0 Å². The number of carbonyl (C=O) groups excluding carboxylic acids is 1. The molecule has 17 heavy (non-hydrogen) atoms. The molecule has 2 rings (SSSR count). The number of nitrogens with two attached hydrogens (primary N) is 1. The molecule has 4 heteroatoms. The van der Waals surface area contributed by atoms with Crippen molar-refractivity contribution in [3.05, 3.63) is 29.3 Å². The van der Waals surface area contributed by atoms with Gasteiger partial charge in [-0.2, -0.15) is 0 Å². The molecule has 1 atom stereocenters. The largest absolute Gasteiger partial charge is 0.393 e. The van der Waals surface area contributed by atoms with Crippen LogP contribution in [0.25, 0.3) is 0 Å². The number of hydrogen-bond acceptors (Lipinski definition) is 2. The van der Waals surface area contributed by atoms with Crippen LogP contribution in [0.1, 0.15) is 24.5 Å². The van der Waals surface area contributed by atoms with Gasteiger partial charge in [0.05, 0.1) is 10.9 Å². The van der Waals surface area contributed by atoms with Gasteiger partial charge in [-0.3, -0.25) is 4.79 Å². The number of fused-ring (bicyclic) bond motifs is 1. The molecular formula is C13H16N2OS. The van der Waals surface area contributed by atoms with Crippen molar-refractivity contribution < 1.29 is 4.79 Å². The fourth-order valence-corrected chi connectivity index (χ4v) is 2.14. The third-order valence-corrected chi connectivity index (χ3v) is 3.54. The maximum atomic E-state index is 11.8. The third kappa shape index (κ3) is 2.64. The lowest BCUT2D eigenvalue weighted by Gasteiger charge is -2.11. The fourth-order valence-electron chi connectivity index (χ4n) is 2.03. The van der Waals surface area contributed by atoms with E-state index in [0.717, 1.165) is 18.5 Å². The first-order valence-electron chi connectivity index (χ1n) is 5.80. The Bertz CT molecular complexity index is 470. The zero-order valence-electron chi connectivity index (χ0n) is 9.82. The summed E-state index contributed by atoms with van der Waals surface area (Å²) in [4.78, 5) is 12.0. The second kappa shape index (κ2) is 4.84. The first-order valence-corrected chi connectivity index (χ1v) is 6.21. The third-order valence-electron chi connectivity index (χ3n) is 3.19. The van der Waals surface area contributed by atoms with Crippen LogP contribution in [-0.4, -0.2) is 10.9 Å². The second-order valence-electron chi connectivity index (χ2n) is 4.45. The molecule has 0 fully saturated rings. The Kier molecular flexibility index (Phi) is 3.43. The first kappa shape index (κ1) is 12.0. The smallest absolute Gasteiger partial charge is 0.234 e. The van der Waals surface area contributed by atoms with Gasteiger partial charge in [0, 0.05) is 5.69 Å². The number of rotatable bonds is 3. The van der Waals surface area contributed by atoms with Gasteiger partial charge in [0.25, 0.3) is 0 Å². The molecule has 0 saturated carbocycles. The summed E-state index contributed by atoms with van der Waals surface area (Å²) in [5.74, 6) is -0.575. The molecule has 1 aliphatic rings. The lowest BCUT2D eigenvalue weighted by Crippen LogP contribution is -2.30. The van der Waals surface area contributed by atoms with Crippen LogP contribution in [0.5, 0.6) is 0 Å². The predicted octanol–water partition coefficient (Wildman–Crippen LogP) is 2.04. The molecule has 3 nitrogen and oxygen atoms in total. The molecule has 0 spiro atoms. The Morgan fingerprint density at radius 1 is 1.41 bits per heavy atom. The molecule has 1 unspecified atom stereocenters. The van der Waals surface area contributed by atoms with E-state index in [0.29, 0.717) is 0 Å². The van der Waals surface area contributed by atoms with Crippen molar-refractivity contribution in [1.29, 1.82) is 0 Å². The zero-order chi connectivity index (χ0) is 12.4. The Morgan fingerprint density at radius 3 is 2.82 bits per heavy atom. The Morgan fingerprint density at radius 2 is 2.12 bits per heavy atom. The van der Waals surface area contributed by atoms with Crippen LogP contribution in [-0.2, 0) is 17.6 Å². The number of benzene rings is 1. The van der Waals surface area contributed by atoms with Crippen LogP contribution in [0, 0.1) is 5.92 Å². The van der Waals surface area contributed by atoms with E-state index < -0.39 is 5.92 Å². The molecule has 0 aromatic heterocycles. The zero-order valence-corrected chi connectivity index (χ0v) is 10.6. The lowest BCUT2D eigenvalue weighted by atomic mass is 10.1. The van der Waals surface area contributed by atoms with Crippen LogP contribution in [0.4, 0.5) is 5.69 Å². The topological polar surface area (TPSA) is 55.1 Å². The van der Waals surface area contributed by atoms with Crippen LogP contribution in [0.15, 0.2) is 18.2 Å². The number of carbonyl (C=O) groups is 1. The predicted molar refractivity (Wildman–Crippen MR) is 73.0 cm³/mol. The number of nitrogens with one attached hydrogen (secondary N) is 1. The van der Waals surface area contributed by atoms with Crippen molar-refractivity contribution in [1.82, 2.24) is 0 Å². The van der Waals surface area contributed by atoms with Crippen molar-refractivity contribution in [2.24, 2.45) is 11.7 Å². The quantitative estimate of drug-likeness (QED) is 0.805. The first-order chi connectivity index (χ1) is 8.08. The SMILES string of the molecule is CC(C(=O)Nc1ccc2c(c1)CCC2)C(N)=S. The molecular weight excluding hydrogens is 232 g/mol. The monoisotopic (exact) mass is 248 g/mol. The maximum Gasteiger partial charge on any atom is 0.234 e. The van der Waals surface area contributed by atoms with Gasteiger partial charge in [-0.15, -0.1) is 0 Å². The van der Waals surface area contributed by atoms with E-state index in [9.17, 15) is 4.79 Å². The van der Waals surface area contributed by atoms with Gasteiger partial charge in [-0.05, 0) is 49.4 Å². The molecule has 1 aromatic rings. The van der Waals surface area contributed by atoms with E-state index in [1.165, 1.54) is 17.5 Å². The van der Waals surface area contributed by atoms with Crippen molar-refractivity contribution in [3.8, 4) is 0 Å². The van der Waals surface area contributed by atoms with Crippen molar-refractivity contribution >= 4 is 28.8 Å². The normalized spacial score (nSPS) is 15.1. The van der Waals surface area contributed by atoms with Crippen LogP contribution < -0.4 is 11.1 Å². The van der Waals surface area contributed by atoms with Gasteiger partial charge in [-0.1, -0.05) is 18.3 Å². The highest BCUT2D eigenvalue weighted by Crippen LogP contribution is 2.25. The molecule has 0 bridgehead atoms. The molecule has 0 saturated heterocycles. The molecule has 0 heterocycles. The van der Waals surface area contributed by atoms with E-state index >= 15 is 0 Å². The van der Waals surface area contributed by atoms with Crippen LogP contribution >= 0.6 is 12.2 Å². The average molecular weight is 248 g/mol. The molecule has 1 amide bonds. The summed E-state index contributed by atoms with van der Waals surface area (Å²) < 4.78 is 0. The minimum Gasteiger partial charge on any atom is -0.393 e. The summed E-state index contributed by atoms with van der Waals surface area (Å²) in [5, 5.41) is 2.85. The number of hydrogen-bond donors (Lipinski definition) is 2. The highest BCUT2D eigenvalue weighted by Gasteiger charge is 2.17. The molecule has 1 aliphatic carbocycles. The summed E-state index contributed by atoms with van der Waals surface area (Å²) in [7, 11) is 0. The summed E-state index contributed by atoms with van der Waals surface area (Å²) in [6, 6.07) is 6.07. The molecule has 3 N–H and O–H groups in total. The second-order valence-corrected chi connectivity index (χ2v) is 4.92. The average Bonchev–Trinajstić information content (AvgIpc) is 2.74. The van der Waals surface area contributed by atoms with Gasteiger partial charge < -0.3 is 11.1 Å². The molecule has 90 valence electrons. The summed E-state index contributed by atoms with van der Waals surface area (Å²) in [5.41, 5.74) is 9.02. The van der Waals surface area contributed by atoms with E-state index in [-0.39, 0.29) is 10.9 Å². The summed E-state index contributed by atoms with van der Waals surface area (Å²) in [6.07, 6.45) is 3.45. The highest BCUT2D eigenvalue weighted by atomic mass is 32.1. The highest BCUT2D eigenvalue weighted by molar-refractivity contribution is 7.80. The van der Waals surface area contributed by atoms with Crippen LogP contribution in [0.2, 0.25) is 0 Å².